The molecule has 0 bridgehead atoms. The van der Waals surface area contributed by atoms with E-state index in [2.05, 4.69) is 6.92 Å². The van der Waals surface area contributed by atoms with Crippen molar-refractivity contribution in [1.29, 1.82) is 0 Å². The van der Waals surface area contributed by atoms with Gasteiger partial charge in [-0.15, -0.1) is 0 Å². The number of nitrogens with zero attached hydrogens (tertiary/aromatic N) is 1. The van der Waals surface area contributed by atoms with Crippen LogP contribution in [0.25, 0.3) is 0 Å². The summed E-state index contributed by atoms with van der Waals surface area (Å²) in [6.45, 7) is 8.24. The summed E-state index contributed by atoms with van der Waals surface area (Å²) in [6, 6.07) is 3.12. The first-order valence-electron chi connectivity index (χ1n) is 8.25. The zero-order valence-electron chi connectivity index (χ0n) is 14.5. The predicted molar refractivity (Wildman–Crippen MR) is 92.4 cm³/mol. The summed E-state index contributed by atoms with van der Waals surface area (Å²) in [6.07, 6.45) is 1.89. The van der Waals surface area contributed by atoms with Gasteiger partial charge in [-0.25, -0.2) is 13.6 Å². The zero-order valence-corrected chi connectivity index (χ0v) is 15.4. The van der Waals surface area contributed by atoms with E-state index in [1.54, 1.807) is 24.8 Å². The lowest BCUT2D eigenvalue weighted by Gasteiger charge is -2.18. The first-order valence-corrected chi connectivity index (χ1v) is 9.79. The van der Waals surface area contributed by atoms with E-state index >= 15 is 0 Å². The summed E-state index contributed by atoms with van der Waals surface area (Å²) in [5.41, 5.74) is 1.70. The molecule has 0 aromatic heterocycles. The van der Waals surface area contributed by atoms with Crippen molar-refractivity contribution in [3.8, 4) is 0 Å². The van der Waals surface area contributed by atoms with Gasteiger partial charge in [-0.05, 0) is 49.9 Å². The van der Waals surface area contributed by atoms with E-state index in [9.17, 15) is 13.2 Å². The smallest absolute Gasteiger partial charge is 0.253 e. The number of hydrogen-bond acceptors (Lipinski definition) is 4. The van der Waals surface area contributed by atoms with E-state index in [0.29, 0.717) is 36.7 Å². The second kappa shape index (κ2) is 7.63. The molecule has 0 unspecified atom stereocenters. The van der Waals surface area contributed by atoms with Crippen molar-refractivity contribution in [2.24, 2.45) is 11.1 Å². The van der Waals surface area contributed by atoms with Gasteiger partial charge in [-0.2, -0.15) is 0 Å². The third-order valence-corrected chi connectivity index (χ3v) is 5.49. The van der Waals surface area contributed by atoms with Gasteiger partial charge in [0, 0.05) is 31.2 Å². The highest BCUT2D eigenvalue weighted by molar-refractivity contribution is 7.89. The van der Waals surface area contributed by atoms with Crippen LogP contribution >= 0.6 is 0 Å². The molecule has 6 nitrogen and oxygen atoms in total. The first kappa shape index (κ1) is 18.9. The van der Waals surface area contributed by atoms with E-state index in [4.69, 9.17) is 9.88 Å². The number of sulfonamides is 1. The van der Waals surface area contributed by atoms with Gasteiger partial charge in [0.15, 0.2) is 0 Å². The molecule has 1 atom stereocenters. The molecule has 1 amide bonds. The lowest BCUT2D eigenvalue weighted by Crippen LogP contribution is -2.30. The fourth-order valence-electron chi connectivity index (χ4n) is 2.98. The third-order valence-electron chi connectivity index (χ3n) is 4.45. The molecule has 134 valence electrons. The quantitative estimate of drug-likeness (QED) is 0.789. The molecule has 0 aliphatic carbocycles. The first-order chi connectivity index (χ1) is 11.2. The summed E-state index contributed by atoms with van der Waals surface area (Å²) < 4.78 is 29.0. The molecule has 2 N–H and O–H groups in total. The van der Waals surface area contributed by atoms with Crippen LogP contribution in [0, 0.1) is 19.8 Å². The summed E-state index contributed by atoms with van der Waals surface area (Å²) in [7, 11) is -3.85. The van der Waals surface area contributed by atoms with Gasteiger partial charge >= 0.3 is 0 Å². The van der Waals surface area contributed by atoms with E-state index in [-0.39, 0.29) is 10.8 Å². The van der Waals surface area contributed by atoms with Crippen molar-refractivity contribution in [3.63, 3.8) is 0 Å². The number of amides is 1. The Morgan fingerprint density at radius 2 is 2.08 bits per heavy atom. The van der Waals surface area contributed by atoms with Gasteiger partial charge in [-0.1, -0.05) is 6.92 Å². The molecular weight excluding hydrogens is 328 g/mol. The fourth-order valence-corrected chi connectivity index (χ4v) is 3.86. The fraction of sp³-hybridized carbons (Fsp3) is 0.588. The number of nitrogens with two attached hydrogens (primary N) is 1. The molecule has 1 saturated heterocycles. The van der Waals surface area contributed by atoms with Crippen LogP contribution in [0.4, 0.5) is 0 Å². The Morgan fingerprint density at radius 1 is 1.38 bits per heavy atom. The number of rotatable bonds is 6. The maximum atomic E-state index is 12.7. The Bertz CT molecular complexity index is 716. The molecule has 0 saturated carbocycles. The highest BCUT2D eigenvalue weighted by Gasteiger charge is 2.28. The molecule has 0 spiro atoms. The minimum Gasteiger partial charge on any atom is -0.381 e. The number of benzene rings is 1. The van der Waals surface area contributed by atoms with Gasteiger partial charge in [0.05, 0.1) is 11.5 Å². The van der Waals surface area contributed by atoms with E-state index < -0.39 is 10.0 Å². The molecular formula is C17H26N2O4S. The summed E-state index contributed by atoms with van der Waals surface area (Å²) >= 11 is 0. The van der Waals surface area contributed by atoms with Gasteiger partial charge < -0.3 is 9.64 Å². The lowest BCUT2D eigenvalue weighted by molar-refractivity contribution is 0.0754. The minimum atomic E-state index is -3.85. The van der Waals surface area contributed by atoms with Gasteiger partial charge in [0.25, 0.3) is 5.91 Å². The second-order valence-corrected chi connectivity index (χ2v) is 7.97. The molecule has 7 heteroatoms. The number of carbonyl (C=O) groups excluding carboxylic acids is 1. The second-order valence-electron chi connectivity index (χ2n) is 6.44. The van der Waals surface area contributed by atoms with Crippen molar-refractivity contribution >= 4 is 15.9 Å². The molecule has 1 aromatic rings. The number of aryl methyl sites for hydroxylation is 1. The van der Waals surface area contributed by atoms with Crippen molar-refractivity contribution in [1.82, 2.24) is 4.90 Å². The van der Waals surface area contributed by atoms with Crippen LogP contribution in [0.15, 0.2) is 17.0 Å². The highest BCUT2D eigenvalue weighted by atomic mass is 32.2. The van der Waals surface area contributed by atoms with Crippen molar-refractivity contribution in [3.05, 3.63) is 28.8 Å². The molecule has 24 heavy (non-hydrogen) atoms. The maximum absolute atomic E-state index is 12.7. The van der Waals surface area contributed by atoms with Gasteiger partial charge in [0.2, 0.25) is 10.0 Å². The van der Waals surface area contributed by atoms with Crippen LogP contribution in [0.1, 0.15) is 41.3 Å². The van der Waals surface area contributed by atoms with Crippen molar-refractivity contribution in [2.75, 3.05) is 26.3 Å². The molecule has 1 aliphatic rings. The van der Waals surface area contributed by atoms with Crippen LogP contribution in [0.2, 0.25) is 0 Å². The van der Waals surface area contributed by atoms with Crippen LogP contribution in [-0.2, 0) is 14.8 Å². The average Bonchev–Trinajstić information content (AvgIpc) is 2.97. The molecule has 1 heterocycles. The lowest BCUT2D eigenvalue weighted by atomic mass is 10.1. The number of ether oxygens (including phenoxy) is 1. The van der Waals surface area contributed by atoms with Crippen LogP contribution in [-0.4, -0.2) is 45.5 Å². The maximum Gasteiger partial charge on any atom is 0.253 e. The van der Waals surface area contributed by atoms with E-state index in [1.807, 2.05) is 0 Å². The number of carbonyl (C=O) groups is 1. The predicted octanol–water partition coefficient (Wildman–Crippen LogP) is 1.84. The molecule has 0 radical (unpaired) electrons. The van der Waals surface area contributed by atoms with Gasteiger partial charge in [-0.3, -0.25) is 4.79 Å². The SMILES string of the molecule is CCCOC[C@H]1CCN(C(=O)c2cc(C)c(C)c(S(N)(=O)=O)c2)C1. The number of likely N-dealkylation sites (tertiary alicyclic amines) is 1. The Kier molecular flexibility index (Phi) is 6.01. The van der Waals surface area contributed by atoms with Crippen molar-refractivity contribution < 1.29 is 17.9 Å². The van der Waals surface area contributed by atoms with Crippen LogP contribution in [0.3, 0.4) is 0 Å². The topological polar surface area (TPSA) is 89.7 Å². The average molecular weight is 354 g/mol. The molecule has 1 aromatic carbocycles. The summed E-state index contributed by atoms with van der Waals surface area (Å²) in [5, 5.41) is 5.27. The molecule has 2 rings (SSSR count). The van der Waals surface area contributed by atoms with E-state index in [0.717, 1.165) is 25.0 Å². The Labute approximate surface area is 144 Å². The minimum absolute atomic E-state index is 0.0212. The number of primary sulfonamides is 1. The Morgan fingerprint density at radius 3 is 2.71 bits per heavy atom. The standard InChI is InChI=1S/C17H26N2O4S/c1-4-7-23-11-14-5-6-19(10-14)17(20)15-8-12(2)13(3)16(9-15)24(18,21)22/h8-9,14H,4-7,10-11H2,1-3H3,(H2,18,21,22)/t14-/m0/s1. The van der Waals surface area contributed by atoms with Gasteiger partial charge in [0.1, 0.15) is 0 Å². The summed E-state index contributed by atoms with van der Waals surface area (Å²) in [5.74, 6) is 0.186. The largest absolute Gasteiger partial charge is 0.381 e. The summed E-state index contributed by atoms with van der Waals surface area (Å²) in [4.78, 5) is 14.5. The van der Waals surface area contributed by atoms with Crippen LogP contribution < -0.4 is 5.14 Å². The van der Waals surface area contributed by atoms with Crippen LogP contribution in [0.5, 0.6) is 0 Å². The highest BCUT2D eigenvalue weighted by Crippen LogP contribution is 2.24. The zero-order chi connectivity index (χ0) is 17.9. The van der Waals surface area contributed by atoms with E-state index in [1.165, 1.54) is 6.07 Å². The third kappa shape index (κ3) is 4.34. The Balaban J connectivity index is 2.15. The monoisotopic (exact) mass is 354 g/mol. The molecule has 1 fully saturated rings. The molecule has 1 aliphatic heterocycles. The van der Waals surface area contributed by atoms with Crippen molar-refractivity contribution in [2.45, 2.75) is 38.5 Å². The number of hydrogen-bond donors (Lipinski definition) is 1. The Hall–Kier alpha value is -1.44. The normalized spacial score (nSPS) is 18.2.